The van der Waals surface area contributed by atoms with E-state index < -0.39 is 0 Å². The van der Waals surface area contributed by atoms with E-state index in [-0.39, 0.29) is 30.1 Å². The average molecular weight is 371 g/mol. The summed E-state index contributed by atoms with van der Waals surface area (Å²) in [5.74, 6) is 1.21. The molecule has 1 saturated heterocycles. The molecule has 1 heterocycles. The first-order valence-corrected chi connectivity index (χ1v) is 8.36. The molecule has 6 nitrogen and oxygen atoms in total. The minimum absolute atomic E-state index is 0. The molecule has 1 unspecified atom stereocenters. The second kappa shape index (κ2) is 10.3. The van der Waals surface area contributed by atoms with E-state index in [9.17, 15) is 9.59 Å². The fraction of sp³-hybridized carbons (Fsp3) is 0.556. The van der Waals surface area contributed by atoms with Gasteiger partial charge in [-0.05, 0) is 44.4 Å². The van der Waals surface area contributed by atoms with Crippen molar-refractivity contribution in [3.63, 3.8) is 0 Å². The molecule has 0 spiro atoms. The zero-order valence-electron chi connectivity index (χ0n) is 14.8. The van der Waals surface area contributed by atoms with Crippen LogP contribution in [-0.4, -0.2) is 49.4 Å². The molecule has 1 atom stereocenters. The van der Waals surface area contributed by atoms with Crippen LogP contribution >= 0.6 is 12.4 Å². The maximum Gasteiger partial charge on any atom is 0.222 e. The Bertz CT molecular complexity index is 594. The summed E-state index contributed by atoms with van der Waals surface area (Å²) in [5.41, 5.74) is 6.48. The number of ketones is 1. The Labute approximate surface area is 155 Å². The van der Waals surface area contributed by atoms with Gasteiger partial charge in [0.25, 0.3) is 0 Å². The highest BCUT2D eigenvalue weighted by molar-refractivity contribution is 5.94. The molecule has 25 heavy (non-hydrogen) atoms. The Morgan fingerprint density at radius 2 is 2.08 bits per heavy atom. The number of Topliss-reactive ketones (excluding diaryl/α,β-unsaturated/α-hetero) is 1. The number of carbonyl (C=O) groups is 2. The van der Waals surface area contributed by atoms with Gasteiger partial charge >= 0.3 is 0 Å². The number of piperidine rings is 1. The molecular weight excluding hydrogens is 344 g/mol. The number of methoxy groups -OCH3 is 1. The molecule has 1 aliphatic rings. The monoisotopic (exact) mass is 370 g/mol. The number of halogens is 1. The standard InChI is InChI=1S/C18H26N2O4.ClH/c1-13(21)14-7-8-16(17(11-14)23-2)24-10-4-6-18(22)20-9-3-5-15(19)12-20;/h7-8,11,15H,3-6,9-10,12,19H2,1-2H3;1H. The van der Waals surface area contributed by atoms with Crippen molar-refractivity contribution in [3.05, 3.63) is 23.8 Å². The Kier molecular flexibility index (Phi) is 8.72. The maximum atomic E-state index is 12.2. The first-order valence-electron chi connectivity index (χ1n) is 8.36. The van der Waals surface area contributed by atoms with Crippen LogP contribution in [0, 0.1) is 0 Å². The van der Waals surface area contributed by atoms with E-state index in [2.05, 4.69) is 0 Å². The van der Waals surface area contributed by atoms with Crippen LogP contribution < -0.4 is 15.2 Å². The number of amides is 1. The molecule has 1 amide bonds. The van der Waals surface area contributed by atoms with Crippen molar-refractivity contribution in [3.8, 4) is 11.5 Å². The molecule has 0 saturated carbocycles. The quantitative estimate of drug-likeness (QED) is 0.588. The van der Waals surface area contributed by atoms with E-state index in [1.54, 1.807) is 18.2 Å². The van der Waals surface area contributed by atoms with Crippen molar-refractivity contribution in [1.82, 2.24) is 4.90 Å². The van der Waals surface area contributed by atoms with Gasteiger partial charge in [-0.25, -0.2) is 0 Å². The van der Waals surface area contributed by atoms with Gasteiger partial charge in [0.1, 0.15) is 0 Å². The minimum Gasteiger partial charge on any atom is -0.493 e. The van der Waals surface area contributed by atoms with Crippen LogP contribution in [0.15, 0.2) is 18.2 Å². The fourth-order valence-corrected chi connectivity index (χ4v) is 2.81. The van der Waals surface area contributed by atoms with E-state index in [4.69, 9.17) is 15.2 Å². The molecule has 0 aliphatic carbocycles. The van der Waals surface area contributed by atoms with Gasteiger partial charge in [0.15, 0.2) is 17.3 Å². The van der Waals surface area contributed by atoms with Crippen LogP contribution in [0.1, 0.15) is 43.0 Å². The lowest BCUT2D eigenvalue weighted by atomic mass is 10.1. The van der Waals surface area contributed by atoms with Crippen LogP contribution in [0.5, 0.6) is 11.5 Å². The van der Waals surface area contributed by atoms with Gasteiger partial charge in [-0.1, -0.05) is 0 Å². The highest BCUT2D eigenvalue weighted by Crippen LogP contribution is 2.28. The summed E-state index contributed by atoms with van der Waals surface area (Å²) in [7, 11) is 1.54. The lowest BCUT2D eigenvalue weighted by molar-refractivity contribution is -0.132. The zero-order valence-corrected chi connectivity index (χ0v) is 15.6. The van der Waals surface area contributed by atoms with Crippen molar-refractivity contribution in [2.45, 2.75) is 38.6 Å². The predicted molar refractivity (Wildman–Crippen MR) is 98.8 cm³/mol. The number of ether oxygens (including phenoxy) is 2. The van der Waals surface area contributed by atoms with Crippen LogP contribution in [-0.2, 0) is 4.79 Å². The van der Waals surface area contributed by atoms with Gasteiger partial charge in [0, 0.05) is 31.1 Å². The Balaban J connectivity index is 0.00000312. The first-order chi connectivity index (χ1) is 11.5. The van der Waals surface area contributed by atoms with E-state index in [0.29, 0.717) is 43.1 Å². The van der Waals surface area contributed by atoms with Gasteiger partial charge in [-0.15, -0.1) is 12.4 Å². The van der Waals surface area contributed by atoms with Crippen molar-refractivity contribution in [2.24, 2.45) is 5.73 Å². The van der Waals surface area contributed by atoms with E-state index in [1.165, 1.54) is 14.0 Å². The number of nitrogens with zero attached hydrogens (tertiary/aromatic N) is 1. The van der Waals surface area contributed by atoms with Gasteiger partial charge in [0.05, 0.1) is 13.7 Å². The number of hydrogen-bond acceptors (Lipinski definition) is 5. The highest BCUT2D eigenvalue weighted by atomic mass is 35.5. The zero-order chi connectivity index (χ0) is 17.5. The Morgan fingerprint density at radius 3 is 2.72 bits per heavy atom. The fourth-order valence-electron chi connectivity index (χ4n) is 2.81. The van der Waals surface area contributed by atoms with E-state index in [0.717, 1.165) is 19.4 Å². The van der Waals surface area contributed by atoms with Gasteiger partial charge in [-0.2, -0.15) is 0 Å². The number of carbonyl (C=O) groups excluding carboxylic acids is 2. The van der Waals surface area contributed by atoms with Crippen LogP contribution in [0.3, 0.4) is 0 Å². The number of rotatable bonds is 7. The lowest BCUT2D eigenvalue weighted by Gasteiger charge is -2.30. The smallest absolute Gasteiger partial charge is 0.222 e. The highest BCUT2D eigenvalue weighted by Gasteiger charge is 2.20. The summed E-state index contributed by atoms with van der Waals surface area (Å²) in [4.78, 5) is 25.4. The van der Waals surface area contributed by atoms with Crippen molar-refractivity contribution in [2.75, 3.05) is 26.8 Å². The first kappa shape index (κ1) is 21.3. The molecule has 1 aromatic carbocycles. The van der Waals surface area contributed by atoms with Crippen molar-refractivity contribution < 1.29 is 19.1 Å². The maximum absolute atomic E-state index is 12.2. The molecule has 1 aliphatic heterocycles. The molecular formula is C18H27ClN2O4. The minimum atomic E-state index is -0.0230. The summed E-state index contributed by atoms with van der Waals surface area (Å²) in [6, 6.07) is 5.20. The normalized spacial score (nSPS) is 16.8. The second-order valence-electron chi connectivity index (χ2n) is 6.12. The third-order valence-corrected chi connectivity index (χ3v) is 4.17. The second-order valence-corrected chi connectivity index (χ2v) is 6.12. The van der Waals surface area contributed by atoms with Crippen LogP contribution in [0.4, 0.5) is 0 Å². The number of benzene rings is 1. The van der Waals surface area contributed by atoms with Crippen molar-refractivity contribution in [1.29, 1.82) is 0 Å². The average Bonchev–Trinajstić information content (AvgIpc) is 2.58. The summed E-state index contributed by atoms with van der Waals surface area (Å²) < 4.78 is 10.9. The van der Waals surface area contributed by atoms with Crippen LogP contribution in [0.25, 0.3) is 0 Å². The van der Waals surface area contributed by atoms with Gasteiger partial charge in [0.2, 0.25) is 5.91 Å². The predicted octanol–water partition coefficient (Wildman–Crippen LogP) is 2.43. The Morgan fingerprint density at radius 1 is 1.32 bits per heavy atom. The van der Waals surface area contributed by atoms with Gasteiger partial charge in [-0.3, -0.25) is 9.59 Å². The summed E-state index contributed by atoms with van der Waals surface area (Å²) in [6.07, 6.45) is 3.04. The number of likely N-dealkylation sites (tertiary alicyclic amines) is 1. The molecule has 0 radical (unpaired) electrons. The van der Waals surface area contributed by atoms with Crippen LogP contribution in [0.2, 0.25) is 0 Å². The molecule has 1 fully saturated rings. The molecule has 7 heteroatoms. The summed E-state index contributed by atoms with van der Waals surface area (Å²) in [5, 5.41) is 0. The third-order valence-electron chi connectivity index (χ3n) is 4.17. The Hall–Kier alpha value is -1.79. The molecule has 0 bridgehead atoms. The molecule has 2 rings (SSSR count). The van der Waals surface area contributed by atoms with E-state index >= 15 is 0 Å². The SMILES string of the molecule is COc1cc(C(C)=O)ccc1OCCCC(=O)N1CCCC(N)C1.Cl. The molecule has 1 aromatic rings. The molecule has 0 aromatic heterocycles. The topological polar surface area (TPSA) is 81.9 Å². The summed E-state index contributed by atoms with van der Waals surface area (Å²) in [6.45, 7) is 3.38. The number of nitrogens with two attached hydrogens (primary N) is 1. The van der Waals surface area contributed by atoms with Crippen molar-refractivity contribution >= 4 is 24.1 Å². The number of hydrogen-bond donors (Lipinski definition) is 1. The molecule has 140 valence electrons. The third kappa shape index (κ3) is 6.21. The molecule has 2 N–H and O–H groups in total. The largest absolute Gasteiger partial charge is 0.493 e. The lowest BCUT2D eigenvalue weighted by Crippen LogP contribution is -2.45. The summed E-state index contributed by atoms with van der Waals surface area (Å²) >= 11 is 0. The van der Waals surface area contributed by atoms with E-state index in [1.807, 2.05) is 4.90 Å². The van der Waals surface area contributed by atoms with Gasteiger partial charge < -0.3 is 20.1 Å².